The van der Waals surface area contributed by atoms with Gasteiger partial charge in [0.1, 0.15) is 9.88 Å². The van der Waals surface area contributed by atoms with Crippen molar-refractivity contribution in [2.45, 2.75) is 33.2 Å². The molecule has 1 atom stereocenters. The van der Waals surface area contributed by atoms with E-state index in [1.54, 1.807) is 13.8 Å². The minimum atomic E-state index is -0.985. The van der Waals surface area contributed by atoms with Crippen molar-refractivity contribution >= 4 is 34.6 Å². The molecule has 2 aromatic rings. The van der Waals surface area contributed by atoms with Gasteiger partial charge in [0.15, 0.2) is 0 Å². The van der Waals surface area contributed by atoms with Gasteiger partial charge in [0, 0.05) is 0 Å². The third-order valence-electron chi connectivity index (χ3n) is 3.06. The highest BCUT2D eigenvalue weighted by molar-refractivity contribution is 7.13. The van der Waals surface area contributed by atoms with E-state index >= 15 is 0 Å². The lowest BCUT2D eigenvalue weighted by Gasteiger charge is -2.11. The second-order valence-electron chi connectivity index (χ2n) is 4.60. The monoisotopic (exact) mass is 324 g/mol. The predicted octanol–water partition coefficient (Wildman–Crippen LogP) is 3.26. The maximum absolute atomic E-state index is 12.3. The predicted molar refractivity (Wildman–Crippen MR) is 83.4 cm³/mol. The van der Waals surface area contributed by atoms with Crippen LogP contribution in [0.3, 0.4) is 0 Å². The van der Waals surface area contributed by atoms with Crippen LogP contribution in [-0.2, 0) is 6.42 Å². The van der Waals surface area contributed by atoms with Gasteiger partial charge in [0.25, 0.3) is 5.91 Å². The Hall–Kier alpha value is -1.73. The van der Waals surface area contributed by atoms with Crippen molar-refractivity contribution in [3.8, 4) is 0 Å². The molecule has 1 unspecified atom stereocenters. The number of thiazole rings is 1. The Kier molecular flexibility index (Phi) is 4.74. The Labute approximate surface area is 130 Å². The molecule has 2 heterocycles. The van der Waals surface area contributed by atoms with E-state index in [0.717, 1.165) is 23.3 Å². The van der Waals surface area contributed by atoms with Crippen molar-refractivity contribution in [1.82, 2.24) is 10.3 Å². The summed E-state index contributed by atoms with van der Waals surface area (Å²) in [6.45, 7) is 5.47. The van der Waals surface area contributed by atoms with Crippen LogP contribution in [0.2, 0.25) is 0 Å². The van der Waals surface area contributed by atoms with Crippen molar-refractivity contribution in [1.29, 1.82) is 0 Å². The first-order valence-electron chi connectivity index (χ1n) is 6.51. The Morgan fingerprint density at radius 1 is 1.43 bits per heavy atom. The van der Waals surface area contributed by atoms with Crippen molar-refractivity contribution in [3.63, 3.8) is 0 Å². The van der Waals surface area contributed by atoms with E-state index in [1.807, 2.05) is 18.4 Å². The fourth-order valence-corrected chi connectivity index (χ4v) is 3.74. The first-order chi connectivity index (χ1) is 9.93. The number of nitrogens with zero attached hydrogens (tertiary/aromatic N) is 1. The molecule has 7 heteroatoms. The van der Waals surface area contributed by atoms with E-state index in [1.165, 1.54) is 11.3 Å². The average molecular weight is 324 g/mol. The van der Waals surface area contributed by atoms with E-state index in [0.29, 0.717) is 15.6 Å². The van der Waals surface area contributed by atoms with Gasteiger partial charge < -0.3 is 10.4 Å². The van der Waals surface area contributed by atoms with Crippen molar-refractivity contribution in [2.24, 2.45) is 0 Å². The zero-order valence-electron chi connectivity index (χ0n) is 12.0. The number of amides is 1. The smallest absolute Gasteiger partial charge is 0.347 e. The molecule has 0 aliphatic carbocycles. The lowest BCUT2D eigenvalue weighted by Crippen LogP contribution is -2.26. The van der Waals surface area contributed by atoms with Crippen LogP contribution in [0.1, 0.15) is 55.5 Å². The van der Waals surface area contributed by atoms with Gasteiger partial charge in [-0.15, -0.1) is 22.7 Å². The number of hydrogen-bond donors (Lipinski definition) is 2. The number of thiophene rings is 1. The number of hydrogen-bond acceptors (Lipinski definition) is 5. The highest BCUT2D eigenvalue weighted by Crippen LogP contribution is 2.25. The summed E-state index contributed by atoms with van der Waals surface area (Å²) in [6, 6.07) is 1.63. The summed E-state index contributed by atoms with van der Waals surface area (Å²) in [4.78, 5) is 28.4. The zero-order chi connectivity index (χ0) is 15.6. The van der Waals surface area contributed by atoms with Gasteiger partial charge in [0.2, 0.25) is 0 Å². The molecule has 0 aliphatic heterocycles. The molecular formula is C14H16N2O3S2. The molecule has 2 rings (SSSR count). The average Bonchev–Trinajstić information content (AvgIpc) is 3.04. The van der Waals surface area contributed by atoms with E-state index in [9.17, 15) is 9.59 Å². The fraction of sp³-hybridized carbons (Fsp3) is 0.357. The second kappa shape index (κ2) is 6.36. The SMILES string of the molecule is CCc1ccsc1C(=O)NC(C)c1nc(C)c(C(=O)O)s1. The Morgan fingerprint density at radius 2 is 2.14 bits per heavy atom. The number of aromatic nitrogens is 1. The third-order valence-corrected chi connectivity index (χ3v) is 5.34. The second-order valence-corrected chi connectivity index (χ2v) is 6.54. The van der Waals surface area contributed by atoms with Gasteiger partial charge in [-0.2, -0.15) is 0 Å². The molecule has 0 aromatic carbocycles. The van der Waals surface area contributed by atoms with Crippen LogP contribution >= 0.6 is 22.7 Å². The van der Waals surface area contributed by atoms with E-state index < -0.39 is 5.97 Å². The molecule has 0 aliphatic rings. The molecule has 21 heavy (non-hydrogen) atoms. The summed E-state index contributed by atoms with van der Waals surface area (Å²) >= 11 is 2.51. The molecule has 1 amide bonds. The number of aromatic carboxylic acids is 1. The number of carbonyl (C=O) groups is 2. The van der Waals surface area contributed by atoms with Gasteiger partial charge in [-0.25, -0.2) is 9.78 Å². The molecular weight excluding hydrogens is 308 g/mol. The number of carboxylic acid groups (broad SMARTS) is 1. The first-order valence-corrected chi connectivity index (χ1v) is 8.21. The Balaban J connectivity index is 2.14. The van der Waals surface area contributed by atoms with Crippen LogP contribution < -0.4 is 5.32 Å². The highest BCUT2D eigenvalue weighted by atomic mass is 32.1. The molecule has 0 saturated heterocycles. The molecule has 0 fully saturated rings. The van der Waals surface area contributed by atoms with Crippen LogP contribution in [0.5, 0.6) is 0 Å². The van der Waals surface area contributed by atoms with Crippen LogP contribution in [0.4, 0.5) is 0 Å². The van der Waals surface area contributed by atoms with E-state index in [-0.39, 0.29) is 16.8 Å². The molecule has 0 radical (unpaired) electrons. The summed E-state index contributed by atoms with van der Waals surface area (Å²) < 4.78 is 0. The molecule has 0 saturated carbocycles. The summed E-state index contributed by atoms with van der Waals surface area (Å²) in [7, 11) is 0. The lowest BCUT2D eigenvalue weighted by molar-refractivity contribution is 0.0701. The van der Waals surface area contributed by atoms with Crippen LogP contribution in [0.25, 0.3) is 0 Å². The quantitative estimate of drug-likeness (QED) is 0.884. The molecule has 112 valence electrons. The molecule has 0 spiro atoms. The first kappa shape index (κ1) is 15.7. The lowest BCUT2D eigenvalue weighted by atomic mass is 10.2. The van der Waals surface area contributed by atoms with Crippen LogP contribution in [-0.4, -0.2) is 22.0 Å². The van der Waals surface area contributed by atoms with Gasteiger partial charge in [0.05, 0.1) is 16.6 Å². The number of carbonyl (C=O) groups excluding carboxylic acids is 1. The minimum Gasteiger partial charge on any atom is -0.477 e. The van der Waals surface area contributed by atoms with Crippen molar-refractivity contribution in [2.75, 3.05) is 0 Å². The standard InChI is InChI=1S/C14H16N2O3S2/c1-4-9-5-6-20-11(9)12(17)15-8(3)13-16-7(2)10(21-13)14(18)19/h5-6,8H,4H2,1-3H3,(H,15,17)(H,18,19). The largest absolute Gasteiger partial charge is 0.477 e. The maximum Gasteiger partial charge on any atom is 0.347 e. The fourth-order valence-electron chi connectivity index (χ4n) is 1.94. The molecule has 2 N–H and O–H groups in total. The van der Waals surface area contributed by atoms with Gasteiger partial charge >= 0.3 is 5.97 Å². The van der Waals surface area contributed by atoms with Crippen LogP contribution in [0, 0.1) is 6.92 Å². The number of carboxylic acids is 1. The molecule has 0 bridgehead atoms. The van der Waals surface area contributed by atoms with Crippen LogP contribution in [0.15, 0.2) is 11.4 Å². The molecule has 5 nitrogen and oxygen atoms in total. The minimum absolute atomic E-state index is 0.140. The van der Waals surface area contributed by atoms with Gasteiger partial charge in [-0.3, -0.25) is 4.79 Å². The Morgan fingerprint density at radius 3 is 2.71 bits per heavy atom. The number of rotatable bonds is 5. The van der Waals surface area contributed by atoms with Gasteiger partial charge in [-0.1, -0.05) is 6.92 Å². The third kappa shape index (κ3) is 3.30. The summed E-state index contributed by atoms with van der Waals surface area (Å²) in [5.41, 5.74) is 1.50. The Bertz CT molecular complexity index is 676. The number of aryl methyl sites for hydroxylation is 2. The normalized spacial score (nSPS) is 12.1. The maximum atomic E-state index is 12.3. The number of nitrogens with one attached hydrogen (secondary N) is 1. The van der Waals surface area contributed by atoms with Crippen molar-refractivity contribution < 1.29 is 14.7 Å². The summed E-state index contributed by atoms with van der Waals surface area (Å²) in [5, 5.41) is 14.4. The summed E-state index contributed by atoms with van der Waals surface area (Å²) in [5.74, 6) is -1.12. The molecule has 2 aromatic heterocycles. The highest BCUT2D eigenvalue weighted by Gasteiger charge is 2.20. The topological polar surface area (TPSA) is 79.3 Å². The van der Waals surface area contributed by atoms with E-state index in [4.69, 9.17) is 5.11 Å². The van der Waals surface area contributed by atoms with E-state index in [2.05, 4.69) is 10.3 Å². The van der Waals surface area contributed by atoms with Crippen molar-refractivity contribution in [3.05, 3.63) is 37.5 Å². The summed E-state index contributed by atoms with van der Waals surface area (Å²) in [6.07, 6.45) is 0.806. The van der Waals surface area contributed by atoms with Gasteiger partial charge in [-0.05, 0) is 37.3 Å². The zero-order valence-corrected chi connectivity index (χ0v) is 13.6.